The largest absolute Gasteiger partial charge is 0.484 e. The molecule has 0 fully saturated rings. The predicted molar refractivity (Wildman–Crippen MR) is 112 cm³/mol. The molecule has 2 aromatic carbocycles. The third kappa shape index (κ3) is 4.99. The van der Waals surface area contributed by atoms with E-state index in [0.29, 0.717) is 17.1 Å². The lowest BCUT2D eigenvalue weighted by Crippen LogP contribution is -2.15. The molecular weight excluding hydrogens is 405 g/mol. The summed E-state index contributed by atoms with van der Waals surface area (Å²) in [6, 6.07) is 10.7. The van der Waals surface area contributed by atoms with E-state index in [4.69, 9.17) is 9.15 Å². The maximum atomic E-state index is 13.6. The highest BCUT2D eigenvalue weighted by atomic mass is 32.2. The number of nitrogens with zero attached hydrogens (tertiary/aromatic N) is 2. The topological polar surface area (TPSA) is 77.2 Å². The van der Waals surface area contributed by atoms with Crippen molar-refractivity contribution < 1.29 is 18.3 Å². The van der Waals surface area contributed by atoms with E-state index >= 15 is 0 Å². The van der Waals surface area contributed by atoms with Crippen LogP contribution in [-0.2, 0) is 24.2 Å². The van der Waals surface area contributed by atoms with Crippen molar-refractivity contribution in [3.63, 3.8) is 0 Å². The lowest BCUT2D eigenvalue weighted by atomic mass is 9.92. The number of rotatable bonds is 7. The molecule has 1 aliphatic rings. The Morgan fingerprint density at radius 2 is 2.03 bits per heavy atom. The minimum absolute atomic E-state index is 0.0727. The van der Waals surface area contributed by atoms with E-state index in [0.717, 1.165) is 30.4 Å². The van der Waals surface area contributed by atoms with Crippen LogP contribution in [0.15, 0.2) is 46.0 Å². The van der Waals surface area contributed by atoms with Gasteiger partial charge in [-0.3, -0.25) is 4.79 Å². The summed E-state index contributed by atoms with van der Waals surface area (Å²) in [7, 11) is 0. The minimum atomic E-state index is -0.360. The molecule has 0 aliphatic heterocycles. The number of anilines is 1. The normalized spacial score (nSPS) is 13.0. The van der Waals surface area contributed by atoms with Crippen molar-refractivity contribution in [2.24, 2.45) is 0 Å². The molecule has 0 radical (unpaired) electrons. The number of carbonyl (C=O) groups excluding carboxylic acids is 1. The molecule has 1 amide bonds. The molecule has 1 aromatic heterocycles. The Morgan fingerprint density at radius 1 is 1.20 bits per heavy atom. The van der Waals surface area contributed by atoms with E-state index in [1.165, 1.54) is 30.0 Å². The van der Waals surface area contributed by atoms with Crippen molar-refractivity contribution in [2.75, 3.05) is 11.1 Å². The summed E-state index contributed by atoms with van der Waals surface area (Å²) in [6.45, 7) is 1.78. The Balaban J connectivity index is 1.27. The van der Waals surface area contributed by atoms with E-state index in [9.17, 15) is 9.18 Å². The molecule has 0 saturated carbocycles. The average Bonchev–Trinajstić information content (AvgIpc) is 3.22. The van der Waals surface area contributed by atoms with Crippen LogP contribution in [0.5, 0.6) is 5.75 Å². The first kappa shape index (κ1) is 20.4. The molecule has 0 spiro atoms. The van der Waals surface area contributed by atoms with E-state index < -0.39 is 0 Å². The standard InChI is InChI=1S/C22H22FN3O3S/c1-14-18(23)7-4-8-19(14)24-20(27)13-30-22-26-25-21(29-22)12-28-17-10-9-15-5-2-3-6-16(15)11-17/h4,7-11H,2-3,5-6,12-13H2,1H3,(H,24,27). The smallest absolute Gasteiger partial charge is 0.277 e. The summed E-state index contributed by atoms with van der Waals surface area (Å²) < 4.78 is 24.9. The zero-order valence-corrected chi connectivity index (χ0v) is 17.4. The predicted octanol–water partition coefficient (Wildman–Crippen LogP) is 4.71. The van der Waals surface area contributed by atoms with Gasteiger partial charge in [-0.1, -0.05) is 23.9 Å². The molecule has 0 bridgehead atoms. The van der Waals surface area contributed by atoms with Crippen LogP contribution in [0.3, 0.4) is 0 Å². The van der Waals surface area contributed by atoms with Crippen LogP contribution in [-0.4, -0.2) is 21.9 Å². The van der Waals surface area contributed by atoms with Gasteiger partial charge in [-0.25, -0.2) is 4.39 Å². The molecule has 6 nitrogen and oxygen atoms in total. The van der Waals surface area contributed by atoms with Gasteiger partial charge in [0.05, 0.1) is 5.75 Å². The molecule has 3 aromatic rings. The number of carbonyl (C=O) groups is 1. The number of fused-ring (bicyclic) bond motifs is 1. The lowest BCUT2D eigenvalue weighted by Gasteiger charge is -2.16. The van der Waals surface area contributed by atoms with Gasteiger partial charge in [0.2, 0.25) is 5.91 Å². The summed E-state index contributed by atoms with van der Waals surface area (Å²) in [5.74, 6) is 0.563. The second-order valence-corrected chi connectivity index (χ2v) is 8.06. The Hall–Kier alpha value is -2.87. The molecule has 8 heteroatoms. The first-order valence-electron chi connectivity index (χ1n) is 9.83. The van der Waals surface area contributed by atoms with Gasteiger partial charge in [0, 0.05) is 11.3 Å². The number of hydrogen-bond acceptors (Lipinski definition) is 6. The van der Waals surface area contributed by atoms with Crippen molar-refractivity contribution in [2.45, 2.75) is 44.4 Å². The molecule has 156 valence electrons. The average molecular weight is 428 g/mol. The van der Waals surface area contributed by atoms with Gasteiger partial charge in [-0.2, -0.15) is 0 Å². The number of amides is 1. The van der Waals surface area contributed by atoms with Crippen LogP contribution in [0, 0.1) is 12.7 Å². The minimum Gasteiger partial charge on any atom is -0.484 e. The third-order valence-electron chi connectivity index (χ3n) is 5.00. The van der Waals surface area contributed by atoms with E-state index in [1.807, 2.05) is 6.07 Å². The second-order valence-electron chi connectivity index (χ2n) is 7.14. The Bertz CT molecular complexity index is 1050. The highest BCUT2D eigenvalue weighted by Crippen LogP contribution is 2.26. The molecule has 30 heavy (non-hydrogen) atoms. The van der Waals surface area contributed by atoms with Gasteiger partial charge < -0.3 is 14.5 Å². The number of thioether (sulfide) groups is 1. The highest BCUT2D eigenvalue weighted by Gasteiger charge is 2.13. The van der Waals surface area contributed by atoms with Crippen molar-refractivity contribution >= 4 is 23.4 Å². The van der Waals surface area contributed by atoms with Crippen molar-refractivity contribution in [3.05, 3.63) is 64.8 Å². The van der Waals surface area contributed by atoms with Crippen molar-refractivity contribution in [1.82, 2.24) is 10.2 Å². The molecule has 0 saturated heterocycles. The quantitative estimate of drug-likeness (QED) is 0.551. The Kier molecular flexibility index (Phi) is 6.32. The van der Waals surface area contributed by atoms with Gasteiger partial charge in [-0.15, -0.1) is 10.2 Å². The van der Waals surface area contributed by atoms with Crippen LogP contribution in [0.2, 0.25) is 0 Å². The number of aryl methyl sites for hydroxylation is 2. The van der Waals surface area contributed by atoms with Gasteiger partial charge in [-0.05, 0) is 68.0 Å². The number of benzene rings is 2. The number of ether oxygens (including phenoxy) is 1. The Labute approximate surface area is 178 Å². The van der Waals surface area contributed by atoms with Crippen molar-refractivity contribution in [1.29, 1.82) is 0 Å². The van der Waals surface area contributed by atoms with Crippen LogP contribution < -0.4 is 10.1 Å². The van der Waals surface area contributed by atoms with Crippen LogP contribution in [0.1, 0.15) is 35.4 Å². The maximum absolute atomic E-state index is 13.6. The SMILES string of the molecule is Cc1c(F)cccc1NC(=O)CSc1nnc(COc2ccc3c(c2)CCCC3)o1. The third-order valence-corrected chi connectivity index (χ3v) is 5.82. The fraction of sp³-hybridized carbons (Fsp3) is 0.318. The summed E-state index contributed by atoms with van der Waals surface area (Å²) >= 11 is 1.12. The molecule has 1 aliphatic carbocycles. The fourth-order valence-corrected chi connectivity index (χ4v) is 3.94. The summed E-state index contributed by atoms with van der Waals surface area (Å²) in [5.41, 5.74) is 3.59. The molecule has 1 N–H and O–H groups in total. The number of hydrogen-bond donors (Lipinski definition) is 1. The maximum Gasteiger partial charge on any atom is 0.277 e. The number of aromatic nitrogens is 2. The first-order chi connectivity index (χ1) is 14.6. The molecular formula is C22H22FN3O3S. The van der Waals surface area contributed by atoms with Crippen molar-refractivity contribution in [3.8, 4) is 5.75 Å². The van der Waals surface area contributed by atoms with Crippen LogP contribution >= 0.6 is 11.8 Å². The molecule has 0 unspecified atom stereocenters. The van der Waals surface area contributed by atoms with Gasteiger partial charge in [0.15, 0.2) is 6.61 Å². The lowest BCUT2D eigenvalue weighted by molar-refractivity contribution is -0.113. The van der Waals surface area contributed by atoms with Gasteiger partial charge in [0.1, 0.15) is 11.6 Å². The summed E-state index contributed by atoms with van der Waals surface area (Å²) in [5, 5.41) is 10.9. The summed E-state index contributed by atoms with van der Waals surface area (Å²) in [4.78, 5) is 12.1. The van der Waals surface area contributed by atoms with Crippen LogP contribution in [0.4, 0.5) is 10.1 Å². The fourth-order valence-electron chi connectivity index (χ4n) is 3.36. The summed E-state index contributed by atoms with van der Waals surface area (Å²) in [6.07, 6.45) is 4.68. The van der Waals surface area contributed by atoms with Gasteiger partial charge in [0.25, 0.3) is 11.1 Å². The zero-order valence-electron chi connectivity index (χ0n) is 16.6. The zero-order chi connectivity index (χ0) is 20.9. The van der Waals surface area contributed by atoms with E-state index in [-0.39, 0.29) is 29.3 Å². The number of nitrogens with one attached hydrogen (secondary N) is 1. The van der Waals surface area contributed by atoms with Gasteiger partial charge >= 0.3 is 0 Å². The molecule has 4 rings (SSSR count). The first-order valence-corrected chi connectivity index (χ1v) is 10.8. The highest BCUT2D eigenvalue weighted by molar-refractivity contribution is 7.99. The Morgan fingerprint density at radius 3 is 2.90 bits per heavy atom. The van der Waals surface area contributed by atoms with Crippen LogP contribution in [0.25, 0.3) is 0 Å². The second kappa shape index (κ2) is 9.30. The van der Waals surface area contributed by atoms with E-state index in [1.54, 1.807) is 19.1 Å². The molecule has 0 atom stereocenters. The van der Waals surface area contributed by atoms with E-state index in [2.05, 4.69) is 27.6 Å². The number of halogens is 1. The molecule has 1 heterocycles. The monoisotopic (exact) mass is 427 g/mol.